The van der Waals surface area contributed by atoms with E-state index in [9.17, 15) is 8.78 Å². The third-order valence-electron chi connectivity index (χ3n) is 2.03. The highest BCUT2D eigenvalue weighted by molar-refractivity contribution is 6.31. The minimum atomic E-state index is -2.80. The summed E-state index contributed by atoms with van der Waals surface area (Å²) in [6.07, 6.45) is -4.55. The van der Waals surface area contributed by atoms with Crippen LogP contribution < -0.4 is 5.32 Å². The van der Waals surface area contributed by atoms with Crippen LogP contribution in [-0.2, 0) is 0 Å². The molecule has 90 valence electrons. The minimum Gasteiger partial charge on any atom is -0.385 e. The Hall–Kier alpha value is -1.01. The Morgan fingerprint density at radius 3 is 2.44 bits per heavy atom. The summed E-state index contributed by atoms with van der Waals surface area (Å²) >= 11 is 5.76. The molecule has 1 atom stereocenters. The van der Waals surface area contributed by atoms with Gasteiger partial charge in [-0.25, -0.2) is 18.7 Å². The Balaban J connectivity index is 2.71. The van der Waals surface area contributed by atoms with Crippen molar-refractivity contribution in [2.75, 3.05) is 11.9 Å². The van der Waals surface area contributed by atoms with Gasteiger partial charge in [-0.1, -0.05) is 11.6 Å². The molecule has 1 unspecified atom stereocenters. The molecule has 1 aromatic heterocycles. The molecule has 0 saturated heterocycles. The Labute approximate surface area is 96.7 Å². The molecular formula is C9H12ClF2N3O. The topological polar surface area (TPSA) is 58.0 Å². The average Bonchev–Trinajstić information content (AvgIpc) is 2.20. The van der Waals surface area contributed by atoms with Crippen LogP contribution in [0.15, 0.2) is 0 Å². The molecule has 0 aliphatic rings. The predicted octanol–water partition coefficient (Wildman–Crippen LogP) is 1.78. The highest BCUT2D eigenvalue weighted by atomic mass is 35.5. The van der Waals surface area contributed by atoms with Gasteiger partial charge < -0.3 is 10.4 Å². The molecule has 1 aromatic rings. The fourth-order valence-corrected chi connectivity index (χ4v) is 1.21. The van der Waals surface area contributed by atoms with Gasteiger partial charge in [0.2, 0.25) is 0 Å². The highest BCUT2D eigenvalue weighted by Gasteiger charge is 2.17. The van der Waals surface area contributed by atoms with E-state index in [4.69, 9.17) is 16.7 Å². The number of hydrogen-bond donors (Lipinski definition) is 2. The van der Waals surface area contributed by atoms with Crippen molar-refractivity contribution in [3.8, 4) is 0 Å². The molecule has 0 aromatic carbocycles. The summed E-state index contributed by atoms with van der Waals surface area (Å²) in [7, 11) is 0. The molecule has 0 spiro atoms. The molecule has 4 nitrogen and oxygen atoms in total. The van der Waals surface area contributed by atoms with E-state index < -0.39 is 12.5 Å². The summed E-state index contributed by atoms with van der Waals surface area (Å²) in [6.45, 7) is 3.15. The summed E-state index contributed by atoms with van der Waals surface area (Å²) in [5.41, 5.74) is 1.32. The number of hydrogen-bond acceptors (Lipinski definition) is 4. The van der Waals surface area contributed by atoms with E-state index >= 15 is 0 Å². The second-order valence-corrected chi connectivity index (χ2v) is 3.67. The zero-order valence-electron chi connectivity index (χ0n) is 8.84. The summed E-state index contributed by atoms with van der Waals surface area (Å²) < 4.78 is 24.0. The lowest BCUT2D eigenvalue weighted by atomic mass is 10.3. The number of rotatable bonds is 4. The Morgan fingerprint density at radius 2 is 1.88 bits per heavy atom. The van der Waals surface area contributed by atoms with Gasteiger partial charge in [-0.3, -0.25) is 0 Å². The maximum atomic E-state index is 12.0. The maximum absolute atomic E-state index is 12.0. The zero-order chi connectivity index (χ0) is 12.3. The van der Waals surface area contributed by atoms with Crippen molar-refractivity contribution < 1.29 is 13.9 Å². The zero-order valence-corrected chi connectivity index (χ0v) is 9.59. The lowest BCUT2D eigenvalue weighted by Crippen LogP contribution is -2.27. The largest absolute Gasteiger partial charge is 0.385 e. The second kappa shape index (κ2) is 5.36. The first-order chi connectivity index (χ1) is 7.41. The Bertz CT molecular complexity index is 376. The molecule has 0 fully saturated rings. The van der Waals surface area contributed by atoms with Gasteiger partial charge in [-0.15, -0.1) is 0 Å². The molecule has 0 radical (unpaired) electrons. The van der Waals surface area contributed by atoms with E-state index in [0.29, 0.717) is 11.4 Å². The Kier molecular flexibility index (Phi) is 4.37. The van der Waals surface area contributed by atoms with Crippen molar-refractivity contribution in [3.63, 3.8) is 0 Å². The average molecular weight is 252 g/mol. The van der Waals surface area contributed by atoms with Gasteiger partial charge in [0.15, 0.2) is 11.0 Å². The lowest BCUT2D eigenvalue weighted by Gasteiger charge is -2.12. The van der Waals surface area contributed by atoms with Crippen LogP contribution in [-0.4, -0.2) is 34.1 Å². The summed E-state index contributed by atoms with van der Waals surface area (Å²) in [6, 6.07) is 0. The number of anilines is 1. The molecule has 16 heavy (non-hydrogen) atoms. The predicted molar refractivity (Wildman–Crippen MR) is 57.0 cm³/mol. The van der Waals surface area contributed by atoms with E-state index in [0.717, 1.165) is 0 Å². The van der Waals surface area contributed by atoms with Crippen LogP contribution in [0.4, 0.5) is 14.6 Å². The lowest BCUT2D eigenvalue weighted by molar-refractivity contribution is 0.00380. The van der Waals surface area contributed by atoms with Crippen molar-refractivity contribution in [1.29, 1.82) is 0 Å². The number of aliphatic hydroxyl groups is 1. The molecule has 0 aliphatic carbocycles. The standard InChI is InChI=1S/C9H12ClF2N3O/c1-4-5(2)15-9(7(10)14-4)13-3-6(16)8(11)12/h6,8,16H,3H2,1-2H3,(H,13,15). The summed E-state index contributed by atoms with van der Waals surface area (Å²) in [5, 5.41) is 11.5. The first-order valence-corrected chi connectivity index (χ1v) is 5.00. The number of halogens is 3. The molecule has 0 saturated carbocycles. The van der Waals surface area contributed by atoms with Crippen LogP contribution in [0.3, 0.4) is 0 Å². The quantitative estimate of drug-likeness (QED) is 0.857. The van der Waals surface area contributed by atoms with Crippen molar-refractivity contribution in [2.45, 2.75) is 26.4 Å². The minimum absolute atomic E-state index is 0.101. The number of aromatic nitrogens is 2. The van der Waals surface area contributed by atoms with Crippen molar-refractivity contribution in [2.24, 2.45) is 0 Å². The van der Waals surface area contributed by atoms with Gasteiger partial charge in [0.1, 0.15) is 6.10 Å². The van der Waals surface area contributed by atoms with E-state index in [-0.39, 0.29) is 17.5 Å². The molecule has 0 bridgehead atoms. The second-order valence-electron chi connectivity index (χ2n) is 3.32. The first-order valence-electron chi connectivity index (χ1n) is 4.62. The van der Waals surface area contributed by atoms with Crippen LogP contribution >= 0.6 is 11.6 Å². The van der Waals surface area contributed by atoms with Crippen molar-refractivity contribution in [3.05, 3.63) is 16.5 Å². The Morgan fingerprint density at radius 1 is 1.31 bits per heavy atom. The van der Waals surface area contributed by atoms with E-state index in [1.165, 1.54) is 0 Å². The molecule has 1 rings (SSSR count). The van der Waals surface area contributed by atoms with Crippen molar-refractivity contribution in [1.82, 2.24) is 9.97 Å². The maximum Gasteiger partial charge on any atom is 0.265 e. The van der Waals surface area contributed by atoms with Gasteiger partial charge in [-0.2, -0.15) is 0 Å². The summed E-state index contributed by atoms with van der Waals surface area (Å²) in [4.78, 5) is 8.01. The summed E-state index contributed by atoms with van der Waals surface area (Å²) in [5.74, 6) is 0.199. The van der Waals surface area contributed by atoms with Crippen LogP contribution in [0, 0.1) is 13.8 Å². The van der Waals surface area contributed by atoms with Gasteiger partial charge in [-0.05, 0) is 13.8 Å². The fourth-order valence-electron chi connectivity index (χ4n) is 0.979. The number of alkyl halides is 2. The van der Waals surface area contributed by atoms with Crippen LogP contribution in [0.2, 0.25) is 5.15 Å². The van der Waals surface area contributed by atoms with Crippen LogP contribution in [0.1, 0.15) is 11.4 Å². The number of aryl methyl sites for hydroxylation is 2. The van der Waals surface area contributed by atoms with Crippen LogP contribution in [0.25, 0.3) is 0 Å². The first kappa shape index (κ1) is 13.1. The van der Waals surface area contributed by atoms with E-state index in [2.05, 4.69) is 15.3 Å². The van der Waals surface area contributed by atoms with Crippen molar-refractivity contribution >= 4 is 17.4 Å². The molecule has 0 amide bonds. The van der Waals surface area contributed by atoms with Gasteiger partial charge >= 0.3 is 0 Å². The molecular weight excluding hydrogens is 240 g/mol. The third kappa shape index (κ3) is 3.24. The molecule has 7 heteroatoms. The third-order valence-corrected chi connectivity index (χ3v) is 2.30. The van der Waals surface area contributed by atoms with Gasteiger partial charge in [0.05, 0.1) is 11.4 Å². The van der Waals surface area contributed by atoms with E-state index in [1.807, 2.05) is 0 Å². The number of nitrogens with zero attached hydrogens (tertiary/aromatic N) is 2. The molecule has 2 N–H and O–H groups in total. The number of aliphatic hydroxyl groups excluding tert-OH is 1. The monoisotopic (exact) mass is 251 g/mol. The van der Waals surface area contributed by atoms with Crippen LogP contribution in [0.5, 0.6) is 0 Å². The number of nitrogens with one attached hydrogen (secondary N) is 1. The van der Waals surface area contributed by atoms with E-state index in [1.54, 1.807) is 13.8 Å². The highest BCUT2D eigenvalue weighted by Crippen LogP contribution is 2.18. The molecule has 1 heterocycles. The van der Waals surface area contributed by atoms with Gasteiger partial charge in [0, 0.05) is 6.54 Å². The molecule has 0 aliphatic heterocycles. The fraction of sp³-hybridized carbons (Fsp3) is 0.556. The SMILES string of the molecule is Cc1nc(Cl)c(NCC(O)C(F)F)nc1C. The smallest absolute Gasteiger partial charge is 0.265 e. The normalized spacial score (nSPS) is 12.9. The van der Waals surface area contributed by atoms with Gasteiger partial charge in [0.25, 0.3) is 6.43 Å².